The quantitative estimate of drug-likeness (QED) is 0.595. The lowest BCUT2D eigenvalue weighted by Crippen LogP contribution is -2.34. The first-order chi connectivity index (χ1) is 5.34. The lowest BCUT2D eigenvalue weighted by molar-refractivity contribution is 0.00188. The van der Waals surface area contributed by atoms with E-state index < -0.39 is 0 Å². The number of ether oxygens (including phenoxy) is 1. The monoisotopic (exact) mass is 155 g/mol. The Hall–Kier alpha value is -0.0800. The van der Waals surface area contributed by atoms with E-state index in [0.29, 0.717) is 12.2 Å². The standard InChI is InChI=1S/C9H17NO/c1-10-6-4-9(5-7-10)11-8-2-3-8/h8-9H,2-7H2,1H3. The van der Waals surface area contributed by atoms with E-state index in [1.165, 1.54) is 38.8 Å². The van der Waals surface area contributed by atoms with Crippen molar-refractivity contribution >= 4 is 0 Å². The predicted octanol–water partition coefficient (Wildman–Crippen LogP) is 1.26. The van der Waals surface area contributed by atoms with Crippen molar-refractivity contribution in [3.63, 3.8) is 0 Å². The number of piperidine rings is 1. The Balaban J connectivity index is 1.69. The zero-order chi connectivity index (χ0) is 7.68. The van der Waals surface area contributed by atoms with Gasteiger partial charge in [0.1, 0.15) is 0 Å². The van der Waals surface area contributed by atoms with Crippen molar-refractivity contribution in [1.29, 1.82) is 0 Å². The minimum atomic E-state index is 0.582. The SMILES string of the molecule is CN1CCC(OC2CC2)CC1. The molecule has 0 spiro atoms. The highest BCUT2D eigenvalue weighted by molar-refractivity contribution is 4.78. The maximum absolute atomic E-state index is 5.82. The van der Waals surface area contributed by atoms with Gasteiger partial charge in [-0.2, -0.15) is 0 Å². The third-order valence-corrected chi connectivity index (χ3v) is 2.57. The predicted molar refractivity (Wildman–Crippen MR) is 44.6 cm³/mol. The fraction of sp³-hybridized carbons (Fsp3) is 1.00. The first-order valence-electron chi connectivity index (χ1n) is 4.68. The minimum Gasteiger partial charge on any atom is -0.375 e. The smallest absolute Gasteiger partial charge is 0.0603 e. The molecular formula is C9H17NO. The third-order valence-electron chi connectivity index (χ3n) is 2.57. The van der Waals surface area contributed by atoms with Crippen LogP contribution in [-0.4, -0.2) is 37.2 Å². The molecular weight excluding hydrogens is 138 g/mol. The maximum atomic E-state index is 5.82. The Bertz CT molecular complexity index is 126. The Kier molecular flexibility index (Phi) is 2.14. The van der Waals surface area contributed by atoms with Crippen molar-refractivity contribution in [3.8, 4) is 0 Å². The van der Waals surface area contributed by atoms with Gasteiger partial charge in [0, 0.05) is 13.1 Å². The van der Waals surface area contributed by atoms with Crippen LogP contribution in [0.5, 0.6) is 0 Å². The fourth-order valence-corrected chi connectivity index (χ4v) is 1.60. The van der Waals surface area contributed by atoms with E-state index in [2.05, 4.69) is 11.9 Å². The highest BCUT2D eigenvalue weighted by atomic mass is 16.5. The largest absolute Gasteiger partial charge is 0.375 e. The summed E-state index contributed by atoms with van der Waals surface area (Å²) in [6.45, 7) is 2.44. The Morgan fingerprint density at radius 3 is 2.09 bits per heavy atom. The van der Waals surface area contributed by atoms with Crippen LogP contribution in [0.3, 0.4) is 0 Å². The number of hydrogen-bond donors (Lipinski definition) is 0. The molecule has 0 aromatic heterocycles. The number of nitrogens with zero attached hydrogens (tertiary/aromatic N) is 1. The summed E-state index contributed by atoms with van der Waals surface area (Å²) in [4.78, 5) is 2.38. The van der Waals surface area contributed by atoms with Crippen LogP contribution in [0.25, 0.3) is 0 Å². The van der Waals surface area contributed by atoms with Crippen molar-refractivity contribution in [3.05, 3.63) is 0 Å². The molecule has 2 aliphatic rings. The summed E-state index contributed by atoms with van der Waals surface area (Å²) >= 11 is 0. The van der Waals surface area contributed by atoms with Crippen molar-refractivity contribution in [2.45, 2.75) is 37.9 Å². The van der Waals surface area contributed by atoms with Gasteiger partial charge in [-0.1, -0.05) is 0 Å². The van der Waals surface area contributed by atoms with E-state index in [9.17, 15) is 0 Å². The molecule has 0 unspecified atom stereocenters. The number of hydrogen-bond acceptors (Lipinski definition) is 2. The molecule has 0 atom stereocenters. The average Bonchev–Trinajstić information content (AvgIpc) is 2.78. The minimum absolute atomic E-state index is 0.582. The van der Waals surface area contributed by atoms with Gasteiger partial charge < -0.3 is 9.64 Å². The molecule has 64 valence electrons. The normalized spacial score (nSPS) is 29.2. The molecule has 11 heavy (non-hydrogen) atoms. The van der Waals surface area contributed by atoms with E-state index in [1.807, 2.05) is 0 Å². The van der Waals surface area contributed by atoms with Crippen LogP contribution in [0, 0.1) is 0 Å². The third kappa shape index (κ3) is 2.17. The van der Waals surface area contributed by atoms with Crippen LogP contribution >= 0.6 is 0 Å². The van der Waals surface area contributed by atoms with Gasteiger partial charge in [-0.3, -0.25) is 0 Å². The first kappa shape index (κ1) is 7.56. The van der Waals surface area contributed by atoms with Gasteiger partial charge in [0.25, 0.3) is 0 Å². The van der Waals surface area contributed by atoms with Gasteiger partial charge in [0.2, 0.25) is 0 Å². The molecule has 2 rings (SSSR count). The Labute approximate surface area is 68.5 Å². The topological polar surface area (TPSA) is 12.5 Å². The number of rotatable bonds is 2. The summed E-state index contributed by atoms with van der Waals surface area (Å²) in [6, 6.07) is 0. The molecule has 0 aromatic rings. The van der Waals surface area contributed by atoms with Crippen molar-refractivity contribution < 1.29 is 4.74 Å². The molecule has 0 bridgehead atoms. The van der Waals surface area contributed by atoms with Gasteiger partial charge in [-0.05, 0) is 32.7 Å². The summed E-state index contributed by atoms with van der Waals surface area (Å²) in [5.41, 5.74) is 0. The van der Waals surface area contributed by atoms with Crippen LogP contribution in [0.15, 0.2) is 0 Å². The lowest BCUT2D eigenvalue weighted by atomic mass is 10.1. The van der Waals surface area contributed by atoms with Gasteiger partial charge >= 0.3 is 0 Å². The fourth-order valence-electron chi connectivity index (χ4n) is 1.60. The maximum Gasteiger partial charge on any atom is 0.0603 e. The van der Waals surface area contributed by atoms with Crippen molar-refractivity contribution in [2.75, 3.05) is 20.1 Å². The lowest BCUT2D eigenvalue weighted by Gasteiger charge is -2.28. The molecule has 1 saturated heterocycles. The summed E-state index contributed by atoms with van der Waals surface area (Å²) < 4.78 is 5.82. The zero-order valence-corrected chi connectivity index (χ0v) is 7.25. The number of likely N-dealkylation sites (tertiary alicyclic amines) is 1. The van der Waals surface area contributed by atoms with Gasteiger partial charge in [-0.15, -0.1) is 0 Å². The molecule has 2 fully saturated rings. The van der Waals surface area contributed by atoms with E-state index in [0.717, 1.165) is 0 Å². The van der Waals surface area contributed by atoms with Crippen molar-refractivity contribution in [1.82, 2.24) is 4.90 Å². The molecule has 0 aromatic carbocycles. The molecule has 1 saturated carbocycles. The average molecular weight is 155 g/mol. The Morgan fingerprint density at radius 2 is 1.55 bits per heavy atom. The van der Waals surface area contributed by atoms with E-state index in [1.54, 1.807) is 0 Å². The zero-order valence-electron chi connectivity index (χ0n) is 7.25. The second-order valence-corrected chi connectivity index (χ2v) is 3.84. The summed E-state index contributed by atoms with van der Waals surface area (Å²) in [5.74, 6) is 0. The molecule has 0 N–H and O–H groups in total. The highest BCUT2D eigenvalue weighted by Crippen LogP contribution is 2.27. The Morgan fingerprint density at radius 1 is 1.00 bits per heavy atom. The van der Waals surface area contributed by atoms with Crippen molar-refractivity contribution in [2.24, 2.45) is 0 Å². The summed E-state index contributed by atoms with van der Waals surface area (Å²) in [6.07, 6.45) is 6.33. The summed E-state index contributed by atoms with van der Waals surface area (Å²) in [7, 11) is 2.19. The van der Waals surface area contributed by atoms with Gasteiger partial charge in [0.05, 0.1) is 12.2 Å². The van der Waals surface area contributed by atoms with Gasteiger partial charge in [0.15, 0.2) is 0 Å². The van der Waals surface area contributed by atoms with E-state index in [4.69, 9.17) is 4.74 Å². The molecule has 0 amide bonds. The van der Waals surface area contributed by atoms with Crippen LogP contribution in [0.1, 0.15) is 25.7 Å². The van der Waals surface area contributed by atoms with Crippen LogP contribution < -0.4 is 0 Å². The highest BCUT2D eigenvalue weighted by Gasteiger charge is 2.27. The van der Waals surface area contributed by atoms with Crippen LogP contribution in [0.2, 0.25) is 0 Å². The van der Waals surface area contributed by atoms with Crippen LogP contribution in [0.4, 0.5) is 0 Å². The molecule has 1 aliphatic carbocycles. The second-order valence-electron chi connectivity index (χ2n) is 3.84. The van der Waals surface area contributed by atoms with E-state index in [-0.39, 0.29) is 0 Å². The second kappa shape index (κ2) is 3.11. The molecule has 1 heterocycles. The summed E-state index contributed by atoms with van der Waals surface area (Å²) in [5, 5.41) is 0. The van der Waals surface area contributed by atoms with Crippen LogP contribution in [-0.2, 0) is 4.74 Å². The molecule has 2 nitrogen and oxygen atoms in total. The molecule has 2 heteroatoms. The molecule has 0 radical (unpaired) electrons. The first-order valence-corrected chi connectivity index (χ1v) is 4.68. The van der Waals surface area contributed by atoms with E-state index >= 15 is 0 Å². The van der Waals surface area contributed by atoms with Gasteiger partial charge in [-0.25, -0.2) is 0 Å². The molecule has 1 aliphatic heterocycles.